The van der Waals surface area contributed by atoms with Crippen molar-refractivity contribution < 1.29 is 4.79 Å². The van der Waals surface area contributed by atoms with Gasteiger partial charge < -0.3 is 10.2 Å². The highest BCUT2D eigenvalue weighted by molar-refractivity contribution is 5.78. The molecular weight excluding hydrogens is 224 g/mol. The average Bonchev–Trinajstić information content (AvgIpc) is 3.20. The molecule has 1 saturated heterocycles. The normalized spacial score (nSPS) is 26.8. The summed E-state index contributed by atoms with van der Waals surface area (Å²) < 4.78 is 0. The largest absolute Gasteiger partial charge is 0.342 e. The maximum atomic E-state index is 12.1. The summed E-state index contributed by atoms with van der Waals surface area (Å²) in [6, 6.07) is 0. The minimum Gasteiger partial charge on any atom is -0.342 e. The van der Waals surface area contributed by atoms with Crippen molar-refractivity contribution in [2.45, 2.75) is 51.4 Å². The van der Waals surface area contributed by atoms with Crippen molar-refractivity contribution in [3.8, 4) is 0 Å². The molecule has 1 amide bonds. The second kappa shape index (κ2) is 5.20. The van der Waals surface area contributed by atoms with E-state index in [-0.39, 0.29) is 0 Å². The Morgan fingerprint density at radius 2 is 1.78 bits per heavy atom. The number of hydrogen-bond acceptors (Lipinski definition) is 2. The molecule has 2 aliphatic carbocycles. The molecule has 3 heteroatoms. The first-order chi connectivity index (χ1) is 8.80. The van der Waals surface area contributed by atoms with Crippen LogP contribution in [-0.4, -0.2) is 37.0 Å². The van der Waals surface area contributed by atoms with Crippen molar-refractivity contribution in [2.24, 2.45) is 11.3 Å². The summed E-state index contributed by atoms with van der Waals surface area (Å²) in [4.78, 5) is 14.2. The Kier molecular flexibility index (Phi) is 3.60. The number of hydrogen-bond donors (Lipinski definition) is 1. The Morgan fingerprint density at radius 1 is 1.11 bits per heavy atom. The lowest BCUT2D eigenvalue weighted by atomic mass is 10.0. The SMILES string of the molecule is O=C(CNCC1(C2CC2)CC1)N1CCCCCC1. The molecule has 3 aliphatic rings. The van der Waals surface area contributed by atoms with Crippen molar-refractivity contribution in [3.63, 3.8) is 0 Å². The van der Waals surface area contributed by atoms with Gasteiger partial charge in [0.05, 0.1) is 6.54 Å². The molecule has 0 aromatic rings. The Balaban J connectivity index is 1.38. The van der Waals surface area contributed by atoms with E-state index in [9.17, 15) is 4.79 Å². The van der Waals surface area contributed by atoms with Crippen molar-refractivity contribution in [1.82, 2.24) is 10.2 Å². The molecule has 3 rings (SSSR count). The summed E-state index contributed by atoms with van der Waals surface area (Å²) in [5, 5.41) is 3.44. The summed E-state index contributed by atoms with van der Waals surface area (Å²) in [5.74, 6) is 1.31. The summed E-state index contributed by atoms with van der Waals surface area (Å²) in [6.07, 6.45) is 10.6. The van der Waals surface area contributed by atoms with E-state index in [1.54, 1.807) is 0 Å². The third-order valence-electron chi connectivity index (χ3n) is 5.05. The Morgan fingerprint density at radius 3 is 2.33 bits per heavy atom. The maximum absolute atomic E-state index is 12.1. The molecule has 1 N–H and O–H groups in total. The first-order valence-corrected chi connectivity index (χ1v) is 7.79. The molecule has 0 atom stereocenters. The molecule has 0 aromatic carbocycles. The van der Waals surface area contributed by atoms with Crippen LogP contribution in [0, 0.1) is 11.3 Å². The van der Waals surface area contributed by atoms with Gasteiger partial charge in [-0.25, -0.2) is 0 Å². The molecule has 0 unspecified atom stereocenters. The summed E-state index contributed by atoms with van der Waals surface area (Å²) >= 11 is 0. The molecule has 1 heterocycles. The third kappa shape index (κ3) is 2.87. The molecule has 0 spiro atoms. The van der Waals surface area contributed by atoms with E-state index < -0.39 is 0 Å². The molecule has 1 aliphatic heterocycles. The number of carbonyl (C=O) groups excluding carboxylic acids is 1. The van der Waals surface area contributed by atoms with Crippen LogP contribution in [0.15, 0.2) is 0 Å². The van der Waals surface area contributed by atoms with Crippen molar-refractivity contribution in [2.75, 3.05) is 26.2 Å². The van der Waals surface area contributed by atoms with E-state index >= 15 is 0 Å². The van der Waals surface area contributed by atoms with Gasteiger partial charge in [-0.3, -0.25) is 4.79 Å². The Hall–Kier alpha value is -0.570. The number of nitrogens with zero attached hydrogens (tertiary/aromatic N) is 1. The molecule has 0 aromatic heterocycles. The van der Waals surface area contributed by atoms with Gasteiger partial charge in [-0.1, -0.05) is 12.8 Å². The molecule has 3 fully saturated rings. The van der Waals surface area contributed by atoms with Gasteiger partial charge in [0.25, 0.3) is 0 Å². The van der Waals surface area contributed by atoms with Crippen LogP contribution in [0.2, 0.25) is 0 Å². The molecule has 2 saturated carbocycles. The fourth-order valence-corrected chi connectivity index (χ4v) is 3.44. The van der Waals surface area contributed by atoms with Crippen molar-refractivity contribution in [1.29, 1.82) is 0 Å². The highest BCUT2D eigenvalue weighted by atomic mass is 16.2. The van der Waals surface area contributed by atoms with E-state index in [2.05, 4.69) is 10.2 Å². The number of amides is 1. The van der Waals surface area contributed by atoms with Crippen LogP contribution < -0.4 is 5.32 Å². The van der Waals surface area contributed by atoms with Crippen LogP contribution in [-0.2, 0) is 4.79 Å². The summed E-state index contributed by atoms with van der Waals surface area (Å²) in [6.45, 7) is 3.61. The number of carbonyl (C=O) groups is 1. The van der Waals surface area contributed by atoms with Crippen LogP contribution >= 0.6 is 0 Å². The molecule has 102 valence electrons. The number of likely N-dealkylation sites (tertiary alicyclic amines) is 1. The Bertz CT molecular complexity index is 300. The minimum atomic E-state index is 0.323. The highest BCUT2D eigenvalue weighted by Gasteiger charge is 2.53. The topological polar surface area (TPSA) is 32.3 Å². The van der Waals surface area contributed by atoms with Crippen LogP contribution in [0.1, 0.15) is 51.4 Å². The fourth-order valence-electron chi connectivity index (χ4n) is 3.44. The first-order valence-electron chi connectivity index (χ1n) is 7.79. The van der Waals surface area contributed by atoms with E-state index in [1.165, 1.54) is 51.4 Å². The van der Waals surface area contributed by atoms with E-state index in [1.807, 2.05) is 0 Å². The molecule has 0 radical (unpaired) electrons. The van der Waals surface area contributed by atoms with Gasteiger partial charge in [-0.15, -0.1) is 0 Å². The van der Waals surface area contributed by atoms with Crippen LogP contribution in [0.25, 0.3) is 0 Å². The number of rotatable bonds is 5. The minimum absolute atomic E-state index is 0.323. The van der Waals surface area contributed by atoms with Gasteiger partial charge in [0, 0.05) is 19.6 Å². The lowest BCUT2D eigenvalue weighted by Crippen LogP contribution is -2.40. The fraction of sp³-hybridized carbons (Fsp3) is 0.933. The van der Waals surface area contributed by atoms with Gasteiger partial charge in [-0.2, -0.15) is 0 Å². The Labute approximate surface area is 110 Å². The van der Waals surface area contributed by atoms with Gasteiger partial charge in [0.15, 0.2) is 0 Å². The van der Waals surface area contributed by atoms with E-state index in [0.717, 1.165) is 25.6 Å². The van der Waals surface area contributed by atoms with Crippen LogP contribution in [0.3, 0.4) is 0 Å². The molecule has 3 nitrogen and oxygen atoms in total. The lowest BCUT2D eigenvalue weighted by molar-refractivity contribution is -0.130. The second-order valence-corrected chi connectivity index (χ2v) is 6.54. The smallest absolute Gasteiger partial charge is 0.236 e. The van der Waals surface area contributed by atoms with Crippen LogP contribution in [0.4, 0.5) is 0 Å². The second-order valence-electron chi connectivity index (χ2n) is 6.54. The van der Waals surface area contributed by atoms with Gasteiger partial charge in [0.1, 0.15) is 0 Å². The third-order valence-corrected chi connectivity index (χ3v) is 5.05. The molecule has 18 heavy (non-hydrogen) atoms. The van der Waals surface area contributed by atoms with Crippen molar-refractivity contribution >= 4 is 5.91 Å². The average molecular weight is 250 g/mol. The first kappa shape index (κ1) is 12.5. The predicted octanol–water partition coefficient (Wildman–Crippen LogP) is 2.17. The quantitative estimate of drug-likeness (QED) is 0.811. The van der Waals surface area contributed by atoms with E-state index in [4.69, 9.17) is 0 Å². The molecule has 0 bridgehead atoms. The summed E-state index contributed by atoms with van der Waals surface area (Å²) in [5.41, 5.74) is 0.610. The standard InChI is InChI=1S/C15H26N2O/c18-14(17-9-3-1-2-4-10-17)11-16-12-15(7-8-15)13-5-6-13/h13,16H,1-12H2. The maximum Gasteiger partial charge on any atom is 0.236 e. The zero-order chi connectivity index (χ0) is 12.4. The monoisotopic (exact) mass is 250 g/mol. The van der Waals surface area contributed by atoms with Crippen molar-refractivity contribution in [3.05, 3.63) is 0 Å². The summed E-state index contributed by atoms with van der Waals surface area (Å²) in [7, 11) is 0. The van der Waals surface area contributed by atoms with Gasteiger partial charge >= 0.3 is 0 Å². The predicted molar refractivity (Wildman–Crippen MR) is 72.3 cm³/mol. The van der Waals surface area contributed by atoms with Gasteiger partial charge in [0.2, 0.25) is 5.91 Å². The zero-order valence-electron chi connectivity index (χ0n) is 11.4. The van der Waals surface area contributed by atoms with Gasteiger partial charge in [-0.05, 0) is 49.9 Å². The lowest BCUT2D eigenvalue weighted by Gasteiger charge is -2.21. The number of nitrogens with one attached hydrogen (secondary N) is 1. The van der Waals surface area contributed by atoms with Crippen LogP contribution in [0.5, 0.6) is 0 Å². The van der Waals surface area contributed by atoms with E-state index in [0.29, 0.717) is 17.9 Å². The molecular formula is C15H26N2O. The zero-order valence-corrected chi connectivity index (χ0v) is 11.4. The highest BCUT2D eigenvalue weighted by Crippen LogP contribution is 2.60.